The number of alkyl halides is 3. The van der Waals surface area contributed by atoms with Crippen LogP contribution in [0.3, 0.4) is 0 Å². The number of hydrogen-bond donors (Lipinski definition) is 3. The van der Waals surface area contributed by atoms with Crippen molar-refractivity contribution in [2.45, 2.75) is 6.18 Å². The van der Waals surface area contributed by atoms with Crippen molar-refractivity contribution in [2.24, 2.45) is 5.73 Å². The van der Waals surface area contributed by atoms with Gasteiger partial charge in [0.1, 0.15) is 11.6 Å². The zero-order chi connectivity index (χ0) is 23.2. The predicted octanol–water partition coefficient (Wildman–Crippen LogP) is 5.33. The summed E-state index contributed by atoms with van der Waals surface area (Å²) in [5, 5.41) is 6.90. The highest BCUT2D eigenvalue weighted by molar-refractivity contribution is 6.02. The number of amides is 2. The van der Waals surface area contributed by atoms with E-state index >= 15 is 0 Å². The Morgan fingerprint density at radius 2 is 1.56 bits per heavy atom. The Bertz CT molecular complexity index is 1330. The van der Waals surface area contributed by atoms with E-state index in [4.69, 9.17) is 11.5 Å². The quantitative estimate of drug-likeness (QED) is 0.370. The van der Waals surface area contributed by atoms with Crippen LogP contribution in [-0.4, -0.2) is 16.2 Å². The number of H-pyrrole nitrogens is 1. The van der Waals surface area contributed by atoms with E-state index in [1.54, 1.807) is 0 Å². The number of nitrogens with one attached hydrogen (secondary N) is 1. The number of carbonyl (C=O) groups is 1. The third-order valence-electron chi connectivity index (χ3n) is 4.86. The van der Waals surface area contributed by atoms with Gasteiger partial charge in [0.05, 0.1) is 27.8 Å². The fraction of sp³-hybridized carbons (Fsp3) is 0.0476. The number of hydrogen-bond acceptors (Lipinski definition) is 3. The zero-order valence-corrected chi connectivity index (χ0v) is 16.0. The third kappa shape index (κ3) is 3.57. The lowest BCUT2D eigenvalue weighted by atomic mass is 10.00. The number of nitrogen functional groups attached to an aromatic ring is 1. The van der Waals surface area contributed by atoms with E-state index in [2.05, 4.69) is 10.2 Å². The molecule has 32 heavy (non-hydrogen) atoms. The minimum atomic E-state index is -4.96. The number of primary amides is 1. The molecular formula is C21H14F5N5O. The maximum Gasteiger partial charge on any atom is 0.419 e. The number of fused-ring (bicyclic) bond motifs is 1. The molecule has 0 unspecified atom stereocenters. The minimum Gasteiger partial charge on any atom is -0.382 e. The molecule has 0 aliphatic heterocycles. The molecule has 0 aliphatic rings. The predicted molar refractivity (Wildman–Crippen MR) is 109 cm³/mol. The largest absolute Gasteiger partial charge is 0.419 e. The van der Waals surface area contributed by atoms with E-state index in [1.807, 2.05) is 0 Å². The molecule has 0 saturated carbocycles. The van der Waals surface area contributed by atoms with Crippen LogP contribution in [-0.2, 0) is 6.18 Å². The number of nitrogens with zero attached hydrogens (tertiary/aromatic N) is 2. The van der Waals surface area contributed by atoms with E-state index in [-0.39, 0.29) is 22.8 Å². The summed E-state index contributed by atoms with van der Waals surface area (Å²) in [6.45, 7) is 0. The van der Waals surface area contributed by atoms with Crippen LogP contribution in [0.4, 0.5) is 43.9 Å². The van der Waals surface area contributed by atoms with Crippen LogP contribution < -0.4 is 16.4 Å². The van der Waals surface area contributed by atoms with Crippen molar-refractivity contribution in [1.82, 2.24) is 10.2 Å². The van der Waals surface area contributed by atoms with Gasteiger partial charge >= 0.3 is 12.2 Å². The van der Waals surface area contributed by atoms with E-state index < -0.39 is 29.4 Å². The van der Waals surface area contributed by atoms with Gasteiger partial charge < -0.3 is 11.5 Å². The SMILES string of the molecule is NC(=O)N(c1ccc(-c2c(F)ccc3[nH]nc(N)c23)cc1)c1ccc(F)c(C(F)(F)F)c1. The first kappa shape index (κ1) is 21.1. The van der Waals surface area contributed by atoms with Gasteiger partial charge in [-0.05, 0) is 48.0 Å². The number of benzene rings is 3. The molecule has 2 amide bonds. The van der Waals surface area contributed by atoms with Crippen molar-refractivity contribution in [3.63, 3.8) is 0 Å². The minimum absolute atomic E-state index is 0.0864. The van der Waals surface area contributed by atoms with Crippen LogP contribution in [0, 0.1) is 11.6 Å². The lowest BCUT2D eigenvalue weighted by Gasteiger charge is -2.22. The number of aromatic amines is 1. The first-order valence-electron chi connectivity index (χ1n) is 9.06. The molecule has 1 aromatic heterocycles. The van der Waals surface area contributed by atoms with Crippen molar-refractivity contribution in [3.8, 4) is 11.1 Å². The summed E-state index contributed by atoms with van der Waals surface area (Å²) in [5.41, 5.74) is 10.5. The maximum atomic E-state index is 14.6. The lowest BCUT2D eigenvalue weighted by molar-refractivity contribution is -0.139. The molecule has 5 N–H and O–H groups in total. The first-order valence-corrected chi connectivity index (χ1v) is 9.06. The molecular weight excluding hydrogens is 433 g/mol. The van der Waals surface area contributed by atoms with Crippen molar-refractivity contribution < 1.29 is 26.7 Å². The Morgan fingerprint density at radius 1 is 0.938 bits per heavy atom. The summed E-state index contributed by atoms with van der Waals surface area (Å²) in [4.78, 5) is 12.8. The summed E-state index contributed by atoms with van der Waals surface area (Å²) < 4.78 is 67.5. The monoisotopic (exact) mass is 447 g/mol. The summed E-state index contributed by atoms with van der Waals surface area (Å²) in [7, 11) is 0. The van der Waals surface area contributed by atoms with Crippen LogP contribution in [0.15, 0.2) is 54.6 Å². The molecule has 0 saturated heterocycles. The Kier molecular flexibility index (Phi) is 4.96. The number of rotatable bonds is 3. The highest BCUT2D eigenvalue weighted by Crippen LogP contribution is 2.37. The first-order chi connectivity index (χ1) is 15.1. The van der Waals surface area contributed by atoms with Gasteiger partial charge in [-0.3, -0.25) is 10.00 Å². The van der Waals surface area contributed by atoms with Gasteiger partial charge in [0, 0.05) is 5.56 Å². The van der Waals surface area contributed by atoms with Crippen LogP contribution >= 0.6 is 0 Å². The number of carbonyl (C=O) groups excluding carboxylic acids is 1. The van der Waals surface area contributed by atoms with E-state index in [0.717, 1.165) is 11.0 Å². The molecule has 0 bridgehead atoms. The van der Waals surface area contributed by atoms with E-state index in [0.29, 0.717) is 28.6 Å². The molecule has 1 heterocycles. The second-order valence-electron chi connectivity index (χ2n) is 6.84. The molecule has 11 heteroatoms. The van der Waals surface area contributed by atoms with Crippen LogP contribution in [0.5, 0.6) is 0 Å². The van der Waals surface area contributed by atoms with Crippen molar-refractivity contribution in [2.75, 3.05) is 10.6 Å². The Labute approximate surface area is 177 Å². The topological polar surface area (TPSA) is 101 Å². The molecule has 6 nitrogen and oxygen atoms in total. The van der Waals surface area contributed by atoms with Gasteiger partial charge in [0.25, 0.3) is 0 Å². The van der Waals surface area contributed by atoms with Gasteiger partial charge in [0.15, 0.2) is 5.82 Å². The van der Waals surface area contributed by atoms with Crippen molar-refractivity contribution in [1.29, 1.82) is 0 Å². The highest BCUT2D eigenvalue weighted by Gasteiger charge is 2.35. The smallest absolute Gasteiger partial charge is 0.382 e. The summed E-state index contributed by atoms with van der Waals surface area (Å²) in [6.07, 6.45) is -4.96. The Balaban J connectivity index is 1.79. The molecule has 3 aromatic carbocycles. The number of aromatic nitrogens is 2. The molecule has 4 aromatic rings. The second-order valence-corrected chi connectivity index (χ2v) is 6.84. The highest BCUT2D eigenvalue weighted by atomic mass is 19.4. The number of urea groups is 1. The van der Waals surface area contributed by atoms with E-state index in [1.165, 1.54) is 36.4 Å². The zero-order valence-electron chi connectivity index (χ0n) is 16.0. The standard InChI is InChI=1S/C21H14F5N5O/c22-14-6-5-12(9-13(14)21(24,25)26)31(20(28)32)11-3-1-10(2-4-11)17-15(23)7-8-16-18(17)19(27)30-29-16/h1-9H,(H2,28,32)(H3,27,29,30). The number of anilines is 3. The summed E-state index contributed by atoms with van der Waals surface area (Å²) in [6, 6.07) is 9.33. The molecule has 0 aliphatic carbocycles. The van der Waals surface area contributed by atoms with Gasteiger partial charge in [0.2, 0.25) is 0 Å². The van der Waals surface area contributed by atoms with Crippen molar-refractivity contribution in [3.05, 3.63) is 71.8 Å². The van der Waals surface area contributed by atoms with Gasteiger partial charge in [-0.2, -0.15) is 18.3 Å². The molecule has 0 atom stereocenters. The maximum absolute atomic E-state index is 14.6. The molecule has 0 radical (unpaired) electrons. The third-order valence-corrected chi connectivity index (χ3v) is 4.86. The fourth-order valence-corrected chi connectivity index (χ4v) is 3.45. The Morgan fingerprint density at radius 3 is 2.19 bits per heavy atom. The number of nitrogens with two attached hydrogens (primary N) is 2. The number of halogens is 5. The normalized spacial score (nSPS) is 11.7. The second kappa shape index (κ2) is 7.52. The molecule has 4 rings (SSSR count). The Hall–Kier alpha value is -4.15. The van der Waals surface area contributed by atoms with Crippen LogP contribution in [0.2, 0.25) is 0 Å². The van der Waals surface area contributed by atoms with Gasteiger partial charge in [-0.1, -0.05) is 12.1 Å². The van der Waals surface area contributed by atoms with Crippen LogP contribution in [0.25, 0.3) is 22.0 Å². The molecule has 0 spiro atoms. The average Bonchev–Trinajstić information content (AvgIpc) is 3.10. The van der Waals surface area contributed by atoms with Crippen molar-refractivity contribution >= 4 is 34.1 Å². The molecule has 0 fully saturated rings. The van der Waals surface area contributed by atoms with Gasteiger partial charge in [-0.25, -0.2) is 13.6 Å². The molecule has 164 valence electrons. The fourth-order valence-electron chi connectivity index (χ4n) is 3.45. The van der Waals surface area contributed by atoms with Gasteiger partial charge in [-0.15, -0.1) is 0 Å². The average molecular weight is 447 g/mol. The summed E-state index contributed by atoms with van der Waals surface area (Å²) in [5.74, 6) is -1.97. The van der Waals surface area contributed by atoms with Crippen LogP contribution in [0.1, 0.15) is 5.56 Å². The summed E-state index contributed by atoms with van der Waals surface area (Å²) >= 11 is 0. The van der Waals surface area contributed by atoms with E-state index in [9.17, 15) is 26.7 Å². The lowest BCUT2D eigenvalue weighted by Crippen LogP contribution is -2.31.